The number of hydrogen-bond acceptors (Lipinski definition) is 5. The highest BCUT2D eigenvalue weighted by molar-refractivity contribution is 9.10. The lowest BCUT2D eigenvalue weighted by atomic mass is 10.0. The Bertz CT molecular complexity index is 1390. The predicted molar refractivity (Wildman–Crippen MR) is 138 cm³/mol. The number of pyridine rings is 1. The van der Waals surface area contributed by atoms with Crippen LogP contribution in [0.3, 0.4) is 0 Å². The van der Waals surface area contributed by atoms with E-state index in [9.17, 15) is 10.1 Å². The zero-order valence-electron chi connectivity index (χ0n) is 18.0. The molecule has 0 aliphatic carbocycles. The van der Waals surface area contributed by atoms with E-state index in [1.54, 1.807) is 18.3 Å². The summed E-state index contributed by atoms with van der Waals surface area (Å²) in [6.07, 6.45) is 1.75. The third kappa shape index (κ3) is 4.08. The predicted octanol–water partition coefficient (Wildman–Crippen LogP) is 6.50. The highest BCUT2D eigenvalue weighted by atomic mass is 79.9. The van der Waals surface area contributed by atoms with Gasteiger partial charge in [-0.3, -0.25) is 15.1 Å². The van der Waals surface area contributed by atoms with Crippen LogP contribution in [0.15, 0.2) is 87.9 Å². The maximum atomic E-state index is 11.2. The number of furan rings is 1. The number of halogens is 1. The SMILES string of the molecule is Cc1cc(N2C(=S)N[C@H](c3ccccn3)[C@@H]2c2ccc(-c3cccc([N+](=O)[O-])c3)o2)ccc1Br. The van der Waals surface area contributed by atoms with Gasteiger partial charge in [-0.25, -0.2) is 0 Å². The summed E-state index contributed by atoms with van der Waals surface area (Å²) < 4.78 is 7.31. The number of nitrogens with zero attached hydrogens (tertiary/aromatic N) is 3. The smallest absolute Gasteiger partial charge is 0.270 e. The Morgan fingerprint density at radius 2 is 1.97 bits per heavy atom. The van der Waals surface area contributed by atoms with E-state index < -0.39 is 4.92 Å². The van der Waals surface area contributed by atoms with Crippen LogP contribution in [0, 0.1) is 17.0 Å². The second-order valence-electron chi connectivity index (χ2n) is 7.94. The maximum Gasteiger partial charge on any atom is 0.270 e. The summed E-state index contributed by atoms with van der Waals surface area (Å²) in [7, 11) is 0. The molecule has 1 N–H and O–H groups in total. The van der Waals surface area contributed by atoms with E-state index >= 15 is 0 Å². The van der Waals surface area contributed by atoms with Crippen LogP contribution in [0.25, 0.3) is 11.3 Å². The summed E-state index contributed by atoms with van der Waals surface area (Å²) in [6, 6.07) is 21.4. The highest BCUT2D eigenvalue weighted by Gasteiger charge is 2.42. The van der Waals surface area contributed by atoms with Gasteiger partial charge in [0.25, 0.3) is 5.69 Å². The van der Waals surface area contributed by atoms with Crippen molar-refractivity contribution < 1.29 is 9.34 Å². The summed E-state index contributed by atoms with van der Waals surface area (Å²) in [5.74, 6) is 1.22. The number of nitro groups is 1. The fourth-order valence-electron chi connectivity index (χ4n) is 4.14. The average molecular weight is 535 g/mol. The molecule has 0 radical (unpaired) electrons. The molecule has 0 unspecified atom stereocenters. The van der Waals surface area contributed by atoms with Crippen molar-refractivity contribution in [2.75, 3.05) is 4.90 Å². The van der Waals surface area contributed by atoms with Crippen molar-refractivity contribution >= 4 is 44.6 Å². The molecule has 34 heavy (non-hydrogen) atoms. The second-order valence-corrected chi connectivity index (χ2v) is 9.18. The van der Waals surface area contributed by atoms with Crippen molar-refractivity contribution in [3.63, 3.8) is 0 Å². The molecule has 2 atom stereocenters. The van der Waals surface area contributed by atoms with Gasteiger partial charge in [-0.1, -0.05) is 34.1 Å². The van der Waals surface area contributed by atoms with Crippen LogP contribution < -0.4 is 10.2 Å². The first-order valence-electron chi connectivity index (χ1n) is 10.5. The van der Waals surface area contributed by atoms with Gasteiger partial charge in [0.2, 0.25) is 0 Å². The monoisotopic (exact) mass is 534 g/mol. The van der Waals surface area contributed by atoms with E-state index in [0.717, 1.165) is 21.4 Å². The van der Waals surface area contributed by atoms with Crippen LogP contribution in [0.4, 0.5) is 11.4 Å². The van der Waals surface area contributed by atoms with Gasteiger partial charge in [-0.15, -0.1) is 0 Å². The Labute approximate surface area is 209 Å². The molecule has 170 valence electrons. The summed E-state index contributed by atoms with van der Waals surface area (Å²) in [5.41, 5.74) is 3.48. The zero-order valence-corrected chi connectivity index (χ0v) is 20.4. The third-order valence-electron chi connectivity index (χ3n) is 5.78. The Balaban J connectivity index is 1.60. The van der Waals surface area contributed by atoms with Crippen LogP contribution >= 0.6 is 28.1 Å². The molecule has 0 amide bonds. The number of rotatable bonds is 5. The lowest BCUT2D eigenvalue weighted by Gasteiger charge is -2.26. The first-order valence-corrected chi connectivity index (χ1v) is 11.7. The number of nitro benzene ring substituents is 1. The molecule has 1 fully saturated rings. The van der Waals surface area contributed by atoms with E-state index in [2.05, 4.69) is 32.3 Å². The first-order chi connectivity index (χ1) is 16.4. The number of nitrogens with one attached hydrogen (secondary N) is 1. The van der Waals surface area contributed by atoms with Gasteiger partial charge < -0.3 is 14.6 Å². The molecule has 3 heterocycles. The second kappa shape index (κ2) is 9.00. The molecular formula is C25H19BrN4O3S. The number of aryl methyl sites for hydroxylation is 1. The molecular weight excluding hydrogens is 516 g/mol. The standard InChI is InChI=1S/C25H19BrN4O3S/c1-15-13-17(8-9-19(15)26)29-24(23(28-25(29)34)20-7-2-3-12-27-20)22-11-10-21(33-22)16-5-4-6-18(14-16)30(31)32/h2-14,23-24H,1H3,(H,28,34)/t23-,24+/m1/s1. The van der Waals surface area contributed by atoms with E-state index in [1.165, 1.54) is 12.1 Å². The Kier molecular flexibility index (Phi) is 5.89. The summed E-state index contributed by atoms with van der Waals surface area (Å²) in [6.45, 7) is 2.03. The quantitative estimate of drug-likeness (QED) is 0.178. The first kappa shape index (κ1) is 22.2. The molecule has 0 spiro atoms. The molecule has 0 saturated carbocycles. The van der Waals surface area contributed by atoms with E-state index in [4.69, 9.17) is 16.6 Å². The molecule has 0 bridgehead atoms. The molecule has 2 aromatic heterocycles. The fourth-order valence-corrected chi connectivity index (χ4v) is 4.73. The Morgan fingerprint density at radius 1 is 1.12 bits per heavy atom. The molecule has 4 aromatic rings. The highest BCUT2D eigenvalue weighted by Crippen LogP contribution is 2.43. The average Bonchev–Trinajstić information content (AvgIpc) is 3.46. The minimum Gasteiger partial charge on any atom is -0.459 e. The van der Waals surface area contributed by atoms with Crippen LogP contribution in [0.5, 0.6) is 0 Å². The van der Waals surface area contributed by atoms with Crippen molar-refractivity contribution in [2.24, 2.45) is 0 Å². The molecule has 2 aromatic carbocycles. The molecule has 1 aliphatic rings. The van der Waals surface area contributed by atoms with E-state index in [-0.39, 0.29) is 17.8 Å². The van der Waals surface area contributed by atoms with Crippen LogP contribution in [0.1, 0.15) is 29.1 Å². The van der Waals surface area contributed by atoms with Gasteiger partial charge in [0.15, 0.2) is 5.11 Å². The summed E-state index contributed by atoms with van der Waals surface area (Å²) >= 11 is 9.32. The van der Waals surface area contributed by atoms with E-state index in [0.29, 0.717) is 22.2 Å². The van der Waals surface area contributed by atoms with Crippen molar-refractivity contribution in [1.82, 2.24) is 10.3 Å². The van der Waals surface area contributed by atoms with Gasteiger partial charge in [-0.05, 0) is 67.2 Å². The third-order valence-corrected chi connectivity index (χ3v) is 6.98. The Morgan fingerprint density at radius 3 is 2.71 bits per heavy atom. The molecule has 9 heteroatoms. The van der Waals surface area contributed by atoms with Crippen LogP contribution in [-0.2, 0) is 0 Å². The number of non-ortho nitro benzene ring substituents is 1. The van der Waals surface area contributed by atoms with Gasteiger partial charge in [-0.2, -0.15) is 0 Å². The molecule has 1 aliphatic heterocycles. The fraction of sp³-hybridized carbons (Fsp3) is 0.120. The number of hydrogen-bond donors (Lipinski definition) is 1. The molecule has 7 nitrogen and oxygen atoms in total. The van der Waals surface area contributed by atoms with Crippen LogP contribution in [0.2, 0.25) is 0 Å². The van der Waals surface area contributed by atoms with Gasteiger partial charge in [0.1, 0.15) is 17.6 Å². The van der Waals surface area contributed by atoms with Crippen LogP contribution in [-0.4, -0.2) is 15.0 Å². The van der Waals surface area contributed by atoms with Crippen molar-refractivity contribution in [2.45, 2.75) is 19.0 Å². The van der Waals surface area contributed by atoms with Crippen molar-refractivity contribution in [3.8, 4) is 11.3 Å². The number of anilines is 1. The Hall–Kier alpha value is -3.56. The summed E-state index contributed by atoms with van der Waals surface area (Å²) in [5, 5.41) is 15.2. The number of aromatic nitrogens is 1. The minimum atomic E-state index is -0.415. The van der Waals surface area contributed by atoms with Gasteiger partial charge in [0, 0.05) is 34.1 Å². The number of benzene rings is 2. The minimum absolute atomic E-state index is 0.0116. The number of thiocarbonyl (C=S) groups is 1. The molecule has 1 saturated heterocycles. The normalized spacial score (nSPS) is 17.6. The largest absolute Gasteiger partial charge is 0.459 e. The van der Waals surface area contributed by atoms with Gasteiger partial charge >= 0.3 is 0 Å². The molecule has 5 rings (SSSR count). The zero-order chi connectivity index (χ0) is 23.8. The van der Waals surface area contributed by atoms with Gasteiger partial charge in [0.05, 0.1) is 16.7 Å². The van der Waals surface area contributed by atoms with Crippen molar-refractivity contribution in [1.29, 1.82) is 0 Å². The van der Waals surface area contributed by atoms with Crippen molar-refractivity contribution in [3.05, 3.63) is 111 Å². The van der Waals surface area contributed by atoms with E-state index in [1.807, 2.05) is 54.3 Å². The lowest BCUT2D eigenvalue weighted by molar-refractivity contribution is -0.384. The summed E-state index contributed by atoms with van der Waals surface area (Å²) in [4.78, 5) is 17.4. The lowest BCUT2D eigenvalue weighted by Crippen LogP contribution is -2.29. The maximum absolute atomic E-state index is 11.2. The topological polar surface area (TPSA) is 84.4 Å².